The molecule has 0 heterocycles. The van der Waals surface area contributed by atoms with Gasteiger partial charge in [0.1, 0.15) is 0 Å². The van der Waals surface area contributed by atoms with E-state index in [2.05, 4.69) is 37.4 Å². The number of para-hydroxylation sites is 1. The van der Waals surface area contributed by atoms with Gasteiger partial charge in [-0.2, -0.15) is 0 Å². The van der Waals surface area contributed by atoms with E-state index in [4.69, 9.17) is 0 Å². The van der Waals surface area contributed by atoms with Gasteiger partial charge in [-0.25, -0.2) is 0 Å². The number of hydrogen-bond acceptors (Lipinski definition) is 2. The molecule has 1 saturated carbocycles. The van der Waals surface area contributed by atoms with Gasteiger partial charge in [-0.15, -0.1) is 0 Å². The normalized spacial score (nSPS) is 25.4. The predicted octanol–water partition coefficient (Wildman–Crippen LogP) is 3.41. The molecule has 2 atom stereocenters. The first-order valence-electron chi connectivity index (χ1n) is 6.69. The molecule has 0 bridgehead atoms. The van der Waals surface area contributed by atoms with Crippen LogP contribution in [0.2, 0.25) is 0 Å². The van der Waals surface area contributed by atoms with Gasteiger partial charge in [0.15, 0.2) is 0 Å². The Morgan fingerprint density at radius 1 is 1.06 bits per heavy atom. The molecule has 1 fully saturated rings. The molecule has 0 aliphatic heterocycles. The van der Waals surface area contributed by atoms with Gasteiger partial charge in [0.25, 0.3) is 0 Å². The largest absolute Gasteiger partial charge is 0.391 e. The number of nitrogens with one attached hydrogen (secondary N) is 1. The van der Waals surface area contributed by atoms with Crippen LogP contribution in [0.4, 0.5) is 5.69 Å². The first-order chi connectivity index (χ1) is 8.18. The molecule has 1 aliphatic carbocycles. The van der Waals surface area contributed by atoms with Crippen LogP contribution in [0.3, 0.4) is 0 Å². The number of benzene rings is 1. The molecule has 2 rings (SSSR count). The van der Waals surface area contributed by atoms with Gasteiger partial charge in [0, 0.05) is 5.69 Å². The van der Waals surface area contributed by atoms with E-state index in [-0.39, 0.29) is 12.1 Å². The van der Waals surface area contributed by atoms with Crippen LogP contribution in [0.5, 0.6) is 0 Å². The van der Waals surface area contributed by atoms with Crippen molar-refractivity contribution < 1.29 is 5.11 Å². The van der Waals surface area contributed by atoms with Crippen molar-refractivity contribution in [2.45, 2.75) is 58.1 Å². The van der Waals surface area contributed by atoms with Crippen molar-refractivity contribution in [2.75, 3.05) is 5.32 Å². The Labute approximate surface area is 104 Å². The fraction of sp³-hybridized carbons (Fsp3) is 0.600. The van der Waals surface area contributed by atoms with Crippen molar-refractivity contribution in [3.63, 3.8) is 0 Å². The maximum atomic E-state index is 10.1. The first kappa shape index (κ1) is 12.4. The van der Waals surface area contributed by atoms with Gasteiger partial charge in [0.2, 0.25) is 0 Å². The standard InChI is InChI=1S/C15H23NO/c1-11-7-6-8-12(2)15(11)16-13-9-4-3-5-10-14(13)17/h6-8,13-14,16-17H,3-5,9-10H2,1-2H3. The summed E-state index contributed by atoms with van der Waals surface area (Å²) in [5.41, 5.74) is 3.74. The molecule has 94 valence electrons. The highest BCUT2D eigenvalue weighted by Crippen LogP contribution is 2.25. The number of anilines is 1. The number of aliphatic hydroxyl groups excluding tert-OH is 1. The highest BCUT2D eigenvalue weighted by molar-refractivity contribution is 5.57. The van der Waals surface area contributed by atoms with E-state index < -0.39 is 0 Å². The van der Waals surface area contributed by atoms with E-state index in [9.17, 15) is 5.11 Å². The third kappa shape index (κ3) is 3.01. The Morgan fingerprint density at radius 3 is 2.41 bits per heavy atom. The Morgan fingerprint density at radius 2 is 1.71 bits per heavy atom. The zero-order chi connectivity index (χ0) is 12.3. The van der Waals surface area contributed by atoms with Gasteiger partial charge in [-0.05, 0) is 37.8 Å². The Bertz CT molecular complexity index is 355. The number of aliphatic hydroxyl groups is 1. The summed E-state index contributed by atoms with van der Waals surface area (Å²) in [7, 11) is 0. The second kappa shape index (κ2) is 5.54. The lowest BCUT2D eigenvalue weighted by molar-refractivity contribution is 0.144. The van der Waals surface area contributed by atoms with Crippen LogP contribution in [-0.4, -0.2) is 17.3 Å². The molecule has 0 radical (unpaired) electrons. The van der Waals surface area contributed by atoms with E-state index in [1.165, 1.54) is 29.7 Å². The lowest BCUT2D eigenvalue weighted by Gasteiger charge is -2.25. The first-order valence-corrected chi connectivity index (χ1v) is 6.69. The fourth-order valence-corrected chi connectivity index (χ4v) is 2.68. The third-order valence-corrected chi connectivity index (χ3v) is 3.79. The van der Waals surface area contributed by atoms with E-state index in [1.54, 1.807) is 0 Å². The van der Waals surface area contributed by atoms with Crippen molar-refractivity contribution in [3.8, 4) is 0 Å². The summed E-state index contributed by atoms with van der Waals surface area (Å²) in [4.78, 5) is 0. The summed E-state index contributed by atoms with van der Waals surface area (Å²) in [6, 6.07) is 6.55. The molecule has 2 N–H and O–H groups in total. The maximum absolute atomic E-state index is 10.1. The van der Waals surface area contributed by atoms with Gasteiger partial charge in [-0.3, -0.25) is 0 Å². The van der Waals surface area contributed by atoms with Crippen molar-refractivity contribution in [2.24, 2.45) is 0 Å². The molecule has 0 amide bonds. The lowest BCUT2D eigenvalue weighted by Crippen LogP contribution is -2.33. The molecule has 1 aromatic carbocycles. The van der Waals surface area contributed by atoms with Crippen molar-refractivity contribution in [1.82, 2.24) is 0 Å². The molecule has 0 spiro atoms. The van der Waals surface area contributed by atoms with E-state index in [0.717, 1.165) is 19.3 Å². The molecular formula is C15H23NO. The second-order valence-corrected chi connectivity index (χ2v) is 5.22. The average Bonchev–Trinajstić information content (AvgIpc) is 2.49. The third-order valence-electron chi connectivity index (χ3n) is 3.79. The van der Waals surface area contributed by atoms with Crippen LogP contribution in [0, 0.1) is 13.8 Å². The molecule has 1 aromatic rings. The maximum Gasteiger partial charge on any atom is 0.0741 e. The number of rotatable bonds is 2. The predicted molar refractivity (Wildman–Crippen MR) is 72.4 cm³/mol. The topological polar surface area (TPSA) is 32.3 Å². The summed E-state index contributed by atoms with van der Waals surface area (Å²) in [6.07, 6.45) is 5.45. The zero-order valence-corrected chi connectivity index (χ0v) is 10.9. The molecule has 17 heavy (non-hydrogen) atoms. The summed E-state index contributed by atoms with van der Waals surface area (Å²) in [6.45, 7) is 4.25. The van der Waals surface area contributed by atoms with Crippen LogP contribution in [0.1, 0.15) is 43.2 Å². The van der Waals surface area contributed by atoms with Crippen molar-refractivity contribution in [1.29, 1.82) is 0 Å². The van der Waals surface area contributed by atoms with Gasteiger partial charge in [-0.1, -0.05) is 37.5 Å². The summed E-state index contributed by atoms with van der Waals surface area (Å²) in [5.74, 6) is 0. The summed E-state index contributed by atoms with van der Waals surface area (Å²) in [5, 5.41) is 13.7. The Hall–Kier alpha value is -1.02. The quantitative estimate of drug-likeness (QED) is 0.767. The molecular weight excluding hydrogens is 210 g/mol. The minimum absolute atomic E-state index is 0.198. The highest BCUT2D eigenvalue weighted by Gasteiger charge is 2.22. The van der Waals surface area contributed by atoms with Crippen LogP contribution >= 0.6 is 0 Å². The lowest BCUT2D eigenvalue weighted by atomic mass is 10.0. The van der Waals surface area contributed by atoms with E-state index in [1.807, 2.05) is 0 Å². The van der Waals surface area contributed by atoms with E-state index in [0.29, 0.717) is 0 Å². The number of aryl methyl sites for hydroxylation is 2. The molecule has 1 aliphatic rings. The Kier molecular flexibility index (Phi) is 4.06. The highest BCUT2D eigenvalue weighted by atomic mass is 16.3. The van der Waals surface area contributed by atoms with Gasteiger partial charge >= 0.3 is 0 Å². The van der Waals surface area contributed by atoms with Crippen LogP contribution in [0.25, 0.3) is 0 Å². The monoisotopic (exact) mass is 233 g/mol. The molecule has 2 unspecified atom stereocenters. The fourth-order valence-electron chi connectivity index (χ4n) is 2.68. The van der Waals surface area contributed by atoms with Crippen LogP contribution in [0.15, 0.2) is 18.2 Å². The smallest absolute Gasteiger partial charge is 0.0741 e. The Balaban J connectivity index is 2.13. The van der Waals surface area contributed by atoms with E-state index >= 15 is 0 Å². The zero-order valence-electron chi connectivity index (χ0n) is 10.9. The SMILES string of the molecule is Cc1cccc(C)c1NC1CCCCCC1O. The van der Waals surface area contributed by atoms with Crippen LogP contribution in [-0.2, 0) is 0 Å². The molecule has 0 aromatic heterocycles. The summed E-state index contributed by atoms with van der Waals surface area (Å²) >= 11 is 0. The van der Waals surface area contributed by atoms with Crippen LogP contribution < -0.4 is 5.32 Å². The molecule has 2 heteroatoms. The van der Waals surface area contributed by atoms with Gasteiger partial charge < -0.3 is 10.4 Å². The molecule has 2 nitrogen and oxygen atoms in total. The minimum Gasteiger partial charge on any atom is -0.391 e. The average molecular weight is 233 g/mol. The summed E-state index contributed by atoms with van der Waals surface area (Å²) < 4.78 is 0. The second-order valence-electron chi connectivity index (χ2n) is 5.22. The van der Waals surface area contributed by atoms with Crippen molar-refractivity contribution >= 4 is 5.69 Å². The van der Waals surface area contributed by atoms with Crippen molar-refractivity contribution in [3.05, 3.63) is 29.3 Å². The minimum atomic E-state index is -0.198. The van der Waals surface area contributed by atoms with Gasteiger partial charge in [0.05, 0.1) is 12.1 Å². The molecule has 0 saturated heterocycles. The number of hydrogen-bond donors (Lipinski definition) is 2.